The number of rotatable bonds is 2. The van der Waals surface area contributed by atoms with Crippen molar-refractivity contribution in [2.75, 3.05) is 6.61 Å². The topological polar surface area (TPSA) is 35.2 Å². The first kappa shape index (κ1) is 12.5. The molecule has 4 heteroatoms. The Morgan fingerprint density at radius 2 is 1.88 bits per heavy atom. The summed E-state index contributed by atoms with van der Waals surface area (Å²) in [5.41, 5.74) is 6.00. The number of ether oxygens (including phenoxy) is 1. The number of hydrogen-bond donors (Lipinski definition) is 1. The molecule has 0 aliphatic carbocycles. The lowest BCUT2D eigenvalue weighted by molar-refractivity contribution is -0.0821. The quantitative estimate of drug-likeness (QED) is 0.864. The molecule has 1 aromatic carbocycles. The molecule has 0 radical (unpaired) electrons. The van der Waals surface area contributed by atoms with Crippen LogP contribution >= 0.6 is 0 Å². The summed E-state index contributed by atoms with van der Waals surface area (Å²) in [6.07, 6.45) is 2.86. The Hall–Kier alpha value is -1.00. The fourth-order valence-corrected chi connectivity index (χ4v) is 2.31. The van der Waals surface area contributed by atoms with E-state index in [4.69, 9.17) is 10.5 Å². The summed E-state index contributed by atoms with van der Waals surface area (Å²) in [6, 6.07) is 2.89. The maximum absolute atomic E-state index is 13.1. The van der Waals surface area contributed by atoms with Gasteiger partial charge < -0.3 is 10.5 Å². The molecule has 0 amide bonds. The molecular formula is C13H17F2NO. The summed E-state index contributed by atoms with van der Waals surface area (Å²) in [4.78, 5) is 0. The van der Waals surface area contributed by atoms with Crippen LogP contribution < -0.4 is 5.73 Å². The number of nitrogens with two attached hydrogens (primary N) is 1. The van der Waals surface area contributed by atoms with Crippen LogP contribution in [0, 0.1) is 11.6 Å². The molecule has 2 atom stereocenters. The van der Waals surface area contributed by atoms with Crippen LogP contribution in [0.15, 0.2) is 18.2 Å². The maximum Gasteiger partial charge on any atom is 0.126 e. The van der Waals surface area contributed by atoms with Crippen LogP contribution in [0.2, 0.25) is 0 Å². The zero-order valence-corrected chi connectivity index (χ0v) is 9.88. The van der Waals surface area contributed by atoms with Crippen LogP contribution in [0.3, 0.4) is 0 Å². The predicted molar refractivity (Wildman–Crippen MR) is 61.5 cm³/mol. The van der Waals surface area contributed by atoms with Gasteiger partial charge in [0.25, 0.3) is 0 Å². The molecule has 94 valence electrons. The van der Waals surface area contributed by atoms with Crippen molar-refractivity contribution in [3.8, 4) is 0 Å². The van der Waals surface area contributed by atoms with E-state index in [1.54, 1.807) is 0 Å². The summed E-state index contributed by atoms with van der Waals surface area (Å²) in [5.74, 6) is -1.20. The highest BCUT2D eigenvalue weighted by Gasteiger charge is 2.35. The first-order valence-corrected chi connectivity index (χ1v) is 5.87. The lowest BCUT2D eigenvalue weighted by Crippen LogP contribution is -2.43. The Morgan fingerprint density at radius 1 is 1.24 bits per heavy atom. The Morgan fingerprint density at radius 3 is 2.41 bits per heavy atom. The normalized spacial score (nSPS) is 26.8. The Bertz CT molecular complexity index is 382. The Balaban J connectivity index is 2.26. The zero-order valence-electron chi connectivity index (χ0n) is 9.88. The van der Waals surface area contributed by atoms with Gasteiger partial charge in [-0.1, -0.05) is 0 Å². The standard InChI is InChI=1S/C13H17F2NO/c1-13(4-2-3-5-17-13)12(16)9-6-10(14)8-11(15)7-9/h6-8,12H,2-5,16H2,1H3. The minimum Gasteiger partial charge on any atom is -0.373 e. The molecule has 1 aliphatic rings. The molecule has 2 nitrogen and oxygen atoms in total. The average molecular weight is 241 g/mol. The minimum absolute atomic E-state index is 0.451. The van der Waals surface area contributed by atoms with E-state index in [1.807, 2.05) is 6.92 Å². The van der Waals surface area contributed by atoms with Crippen molar-refractivity contribution in [3.63, 3.8) is 0 Å². The fraction of sp³-hybridized carbons (Fsp3) is 0.538. The predicted octanol–water partition coefficient (Wildman–Crippen LogP) is 2.92. The lowest BCUT2D eigenvalue weighted by atomic mass is 9.85. The molecule has 1 aliphatic heterocycles. The third kappa shape index (κ3) is 2.64. The first-order chi connectivity index (χ1) is 8.01. The van der Waals surface area contributed by atoms with Crippen molar-refractivity contribution in [2.45, 2.75) is 37.8 Å². The van der Waals surface area contributed by atoms with Crippen molar-refractivity contribution in [2.24, 2.45) is 5.73 Å². The number of benzene rings is 1. The van der Waals surface area contributed by atoms with Crippen molar-refractivity contribution in [1.29, 1.82) is 0 Å². The van der Waals surface area contributed by atoms with Crippen molar-refractivity contribution in [3.05, 3.63) is 35.4 Å². The highest BCUT2D eigenvalue weighted by Crippen LogP contribution is 2.35. The van der Waals surface area contributed by atoms with Gasteiger partial charge in [-0.2, -0.15) is 0 Å². The SMILES string of the molecule is CC1(C(N)c2cc(F)cc(F)c2)CCCCO1. The molecule has 17 heavy (non-hydrogen) atoms. The van der Waals surface area contributed by atoms with E-state index in [1.165, 1.54) is 12.1 Å². The number of hydrogen-bond acceptors (Lipinski definition) is 2. The number of halogens is 2. The smallest absolute Gasteiger partial charge is 0.126 e. The van der Waals surface area contributed by atoms with Crippen LogP contribution in [0.4, 0.5) is 8.78 Å². The summed E-state index contributed by atoms with van der Waals surface area (Å²) in [6.45, 7) is 2.56. The van der Waals surface area contributed by atoms with Gasteiger partial charge in [0.05, 0.1) is 11.6 Å². The van der Waals surface area contributed by atoms with Crippen molar-refractivity contribution < 1.29 is 13.5 Å². The fourth-order valence-electron chi connectivity index (χ4n) is 2.31. The van der Waals surface area contributed by atoms with E-state index in [9.17, 15) is 8.78 Å². The molecule has 1 saturated heterocycles. The van der Waals surface area contributed by atoms with Crippen LogP contribution in [-0.2, 0) is 4.74 Å². The van der Waals surface area contributed by atoms with E-state index in [-0.39, 0.29) is 0 Å². The van der Waals surface area contributed by atoms with Gasteiger partial charge in [0.2, 0.25) is 0 Å². The molecule has 0 saturated carbocycles. The third-order valence-electron chi connectivity index (χ3n) is 3.40. The molecule has 2 rings (SSSR count). The van der Waals surface area contributed by atoms with Crippen molar-refractivity contribution in [1.82, 2.24) is 0 Å². The highest BCUT2D eigenvalue weighted by molar-refractivity contribution is 5.24. The van der Waals surface area contributed by atoms with E-state index >= 15 is 0 Å². The second kappa shape index (κ2) is 4.70. The van der Waals surface area contributed by atoms with Crippen LogP contribution in [0.5, 0.6) is 0 Å². The summed E-state index contributed by atoms with van der Waals surface area (Å²) in [7, 11) is 0. The van der Waals surface area contributed by atoms with Gasteiger partial charge in [0.1, 0.15) is 11.6 Å². The summed E-state index contributed by atoms with van der Waals surface area (Å²) >= 11 is 0. The molecule has 2 N–H and O–H groups in total. The first-order valence-electron chi connectivity index (χ1n) is 5.87. The molecule has 1 heterocycles. The maximum atomic E-state index is 13.1. The van der Waals surface area contributed by atoms with Crippen molar-refractivity contribution >= 4 is 0 Å². The second-order valence-electron chi connectivity index (χ2n) is 4.80. The molecule has 1 aromatic rings. The van der Waals surface area contributed by atoms with E-state index in [2.05, 4.69) is 0 Å². The van der Waals surface area contributed by atoms with E-state index in [0.29, 0.717) is 12.2 Å². The van der Waals surface area contributed by atoms with Gasteiger partial charge in [0, 0.05) is 12.7 Å². The molecule has 0 aromatic heterocycles. The Labute approximate surface area is 99.8 Å². The second-order valence-corrected chi connectivity index (χ2v) is 4.80. The van der Waals surface area contributed by atoms with Gasteiger partial charge in [-0.25, -0.2) is 8.78 Å². The van der Waals surface area contributed by atoms with Crippen LogP contribution in [0.25, 0.3) is 0 Å². The van der Waals surface area contributed by atoms with Gasteiger partial charge in [0.15, 0.2) is 0 Å². The zero-order chi connectivity index (χ0) is 12.5. The van der Waals surface area contributed by atoms with Gasteiger partial charge in [-0.3, -0.25) is 0 Å². The van der Waals surface area contributed by atoms with Crippen LogP contribution in [-0.4, -0.2) is 12.2 Å². The summed E-state index contributed by atoms with van der Waals surface area (Å²) < 4.78 is 32.0. The minimum atomic E-state index is -0.602. The largest absolute Gasteiger partial charge is 0.373 e. The van der Waals surface area contributed by atoms with Gasteiger partial charge in [-0.15, -0.1) is 0 Å². The van der Waals surface area contributed by atoms with Crippen LogP contribution in [0.1, 0.15) is 37.8 Å². The van der Waals surface area contributed by atoms with Gasteiger partial charge in [-0.05, 0) is 43.9 Å². The molecule has 2 unspecified atom stereocenters. The van der Waals surface area contributed by atoms with E-state index < -0.39 is 23.3 Å². The molecule has 1 fully saturated rings. The van der Waals surface area contributed by atoms with Gasteiger partial charge >= 0.3 is 0 Å². The highest BCUT2D eigenvalue weighted by atomic mass is 19.1. The summed E-state index contributed by atoms with van der Waals surface area (Å²) in [5, 5.41) is 0. The lowest BCUT2D eigenvalue weighted by Gasteiger charge is -2.39. The molecule has 0 spiro atoms. The Kier molecular flexibility index (Phi) is 3.45. The molecule has 0 bridgehead atoms. The molecular weight excluding hydrogens is 224 g/mol. The average Bonchev–Trinajstić information content (AvgIpc) is 2.27. The van der Waals surface area contributed by atoms with E-state index in [0.717, 1.165) is 25.3 Å². The monoisotopic (exact) mass is 241 g/mol. The third-order valence-corrected chi connectivity index (χ3v) is 3.40.